The molecule has 0 fully saturated rings. The molecule has 0 aliphatic heterocycles. The van der Waals surface area contributed by atoms with Gasteiger partial charge in [-0.05, 0) is 12.3 Å². The zero-order valence-electron chi connectivity index (χ0n) is 9.61. The Labute approximate surface area is 96.9 Å². The van der Waals surface area contributed by atoms with Crippen molar-refractivity contribution in [1.29, 1.82) is 0 Å². The number of benzene rings is 1. The Morgan fingerprint density at radius 3 is 2.44 bits per heavy atom. The van der Waals surface area contributed by atoms with Crippen LogP contribution in [-0.4, -0.2) is 10.2 Å². The smallest absolute Gasteiger partial charge is 0.256 e. The van der Waals surface area contributed by atoms with E-state index in [2.05, 4.69) is 18.8 Å². The summed E-state index contributed by atoms with van der Waals surface area (Å²) in [5.41, 5.74) is 0.415. The van der Waals surface area contributed by atoms with Crippen LogP contribution in [-0.2, 0) is 5.79 Å². The summed E-state index contributed by atoms with van der Waals surface area (Å²) in [6.45, 7) is 2.12. The first-order valence-corrected chi connectivity index (χ1v) is 5.67. The summed E-state index contributed by atoms with van der Waals surface area (Å²) in [6.07, 6.45) is 3.99. The Bertz CT molecular complexity index is 357. The maximum atomic E-state index is 9.72. The Balaban J connectivity index is 2.58. The fraction of sp³-hybridized carbons (Fsp3) is 0.429. The molecule has 1 aromatic carbocycles. The third-order valence-electron chi connectivity index (χ3n) is 2.34. The standard InChI is InChI=1S/C14H18O2/c1-2-3-4-5-9-12-14(15,16)13-10-7-6-8-11-13/h6-8,10-11,15-16H,2-5H2,1H3. The third-order valence-corrected chi connectivity index (χ3v) is 2.34. The molecule has 0 unspecified atom stereocenters. The molecule has 0 aliphatic carbocycles. The first kappa shape index (κ1) is 12.8. The number of hydrogen-bond donors (Lipinski definition) is 2. The zero-order valence-corrected chi connectivity index (χ0v) is 9.61. The number of unbranched alkanes of at least 4 members (excludes halogenated alkanes) is 3. The van der Waals surface area contributed by atoms with Crippen LogP contribution < -0.4 is 0 Å². The van der Waals surface area contributed by atoms with Crippen LogP contribution in [0.2, 0.25) is 0 Å². The molecule has 0 atom stereocenters. The Kier molecular flexibility index (Phi) is 5.04. The van der Waals surface area contributed by atoms with Crippen LogP contribution in [0.25, 0.3) is 0 Å². The summed E-state index contributed by atoms with van der Waals surface area (Å²) in [5, 5.41) is 19.4. The van der Waals surface area contributed by atoms with Crippen LogP contribution >= 0.6 is 0 Å². The minimum atomic E-state index is -2.02. The maximum absolute atomic E-state index is 9.72. The van der Waals surface area contributed by atoms with Crippen molar-refractivity contribution in [2.75, 3.05) is 0 Å². The summed E-state index contributed by atoms with van der Waals surface area (Å²) in [5.74, 6) is 3.28. The summed E-state index contributed by atoms with van der Waals surface area (Å²) < 4.78 is 0. The molecule has 0 heterocycles. The lowest BCUT2D eigenvalue weighted by Gasteiger charge is -2.14. The molecule has 0 aromatic heterocycles. The van der Waals surface area contributed by atoms with Crippen LogP contribution in [0.5, 0.6) is 0 Å². The number of aliphatic hydroxyl groups is 2. The second kappa shape index (κ2) is 6.32. The van der Waals surface area contributed by atoms with Gasteiger partial charge < -0.3 is 10.2 Å². The predicted octanol–water partition coefficient (Wildman–Crippen LogP) is 2.41. The molecule has 1 aromatic rings. The van der Waals surface area contributed by atoms with E-state index in [-0.39, 0.29) is 0 Å². The highest BCUT2D eigenvalue weighted by molar-refractivity contribution is 5.27. The van der Waals surface area contributed by atoms with Gasteiger partial charge in [0.1, 0.15) is 0 Å². The third kappa shape index (κ3) is 4.06. The fourth-order valence-corrected chi connectivity index (χ4v) is 1.39. The van der Waals surface area contributed by atoms with Gasteiger partial charge in [0.05, 0.1) is 0 Å². The van der Waals surface area contributed by atoms with E-state index in [1.807, 2.05) is 6.07 Å². The summed E-state index contributed by atoms with van der Waals surface area (Å²) in [7, 11) is 0. The second-order valence-electron chi connectivity index (χ2n) is 3.80. The van der Waals surface area contributed by atoms with Gasteiger partial charge in [0.15, 0.2) is 0 Å². The van der Waals surface area contributed by atoms with Crippen molar-refractivity contribution in [3.63, 3.8) is 0 Å². The van der Waals surface area contributed by atoms with Gasteiger partial charge in [0.25, 0.3) is 5.79 Å². The first-order valence-electron chi connectivity index (χ1n) is 5.67. The highest BCUT2D eigenvalue weighted by Gasteiger charge is 2.21. The van der Waals surface area contributed by atoms with E-state index in [0.29, 0.717) is 12.0 Å². The lowest BCUT2D eigenvalue weighted by atomic mass is 10.1. The van der Waals surface area contributed by atoms with Crippen molar-refractivity contribution in [3.05, 3.63) is 35.9 Å². The van der Waals surface area contributed by atoms with Crippen molar-refractivity contribution in [3.8, 4) is 11.8 Å². The van der Waals surface area contributed by atoms with E-state index in [9.17, 15) is 10.2 Å². The fourth-order valence-electron chi connectivity index (χ4n) is 1.39. The molecule has 0 aliphatic rings. The quantitative estimate of drug-likeness (QED) is 0.463. The molecule has 2 N–H and O–H groups in total. The minimum Gasteiger partial charge on any atom is -0.352 e. The largest absolute Gasteiger partial charge is 0.352 e. The Hall–Kier alpha value is -1.30. The van der Waals surface area contributed by atoms with E-state index in [1.54, 1.807) is 24.3 Å². The van der Waals surface area contributed by atoms with Gasteiger partial charge in [-0.15, -0.1) is 0 Å². The molecule has 86 valence electrons. The molecule has 1 rings (SSSR count). The maximum Gasteiger partial charge on any atom is 0.256 e. The average Bonchev–Trinajstić information content (AvgIpc) is 2.30. The van der Waals surface area contributed by atoms with E-state index >= 15 is 0 Å². The van der Waals surface area contributed by atoms with Crippen LogP contribution in [0.15, 0.2) is 30.3 Å². The molecule has 0 spiro atoms. The van der Waals surface area contributed by atoms with E-state index in [4.69, 9.17) is 0 Å². The van der Waals surface area contributed by atoms with Crippen molar-refractivity contribution in [2.24, 2.45) is 0 Å². The Morgan fingerprint density at radius 1 is 1.12 bits per heavy atom. The lowest BCUT2D eigenvalue weighted by Crippen LogP contribution is -2.22. The predicted molar refractivity (Wildman–Crippen MR) is 64.5 cm³/mol. The molecule has 0 bridgehead atoms. The van der Waals surface area contributed by atoms with Crippen molar-refractivity contribution >= 4 is 0 Å². The summed E-state index contributed by atoms with van der Waals surface area (Å²) in [4.78, 5) is 0. The minimum absolute atomic E-state index is 0.415. The first-order chi connectivity index (χ1) is 7.67. The van der Waals surface area contributed by atoms with Crippen LogP contribution in [0.3, 0.4) is 0 Å². The summed E-state index contributed by atoms with van der Waals surface area (Å²) in [6, 6.07) is 8.65. The molecule has 0 radical (unpaired) electrons. The SMILES string of the molecule is CCCCCC#CC(O)(O)c1ccccc1. The monoisotopic (exact) mass is 218 g/mol. The molecule has 16 heavy (non-hydrogen) atoms. The van der Waals surface area contributed by atoms with Gasteiger partial charge in [-0.1, -0.05) is 56.0 Å². The van der Waals surface area contributed by atoms with E-state index in [0.717, 1.165) is 19.3 Å². The molecule has 0 amide bonds. The molecular weight excluding hydrogens is 200 g/mol. The van der Waals surface area contributed by atoms with Crippen molar-refractivity contribution < 1.29 is 10.2 Å². The van der Waals surface area contributed by atoms with Gasteiger partial charge in [0.2, 0.25) is 0 Å². The van der Waals surface area contributed by atoms with Gasteiger partial charge in [-0.25, -0.2) is 0 Å². The topological polar surface area (TPSA) is 40.5 Å². The normalized spacial score (nSPS) is 10.7. The lowest BCUT2D eigenvalue weighted by molar-refractivity contribution is -0.116. The van der Waals surface area contributed by atoms with Gasteiger partial charge >= 0.3 is 0 Å². The highest BCUT2D eigenvalue weighted by Crippen LogP contribution is 2.16. The van der Waals surface area contributed by atoms with Gasteiger partial charge in [-0.3, -0.25) is 0 Å². The van der Waals surface area contributed by atoms with E-state index < -0.39 is 5.79 Å². The molecular formula is C14H18O2. The summed E-state index contributed by atoms with van der Waals surface area (Å²) >= 11 is 0. The molecule has 0 saturated carbocycles. The van der Waals surface area contributed by atoms with Gasteiger partial charge in [-0.2, -0.15) is 0 Å². The number of hydrogen-bond acceptors (Lipinski definition) is 2. The zero-order chi connectivity index (χ0) is 11.9. The van der Waals surface area contributed by atoms with Crippen molar-refractivity contribution in [2.45, 2.75) is 38.4 Å². The average molecular weight is 218 g/mol. The van der Waals surface area contributed by atoms with Gasteiger partial charge in [0, 0.05) is 12.0 Å². The van der Waals surface area contributed by atoms with Crippen LogP contribution in [0.1, 0.15) is 38.2 Å². The molecule has 2 nitrogen and oxygen atoms in total. The number of rotatable bonds is 4. The highest BCUT2D eigenvalue weighted by atomic mass is 16.5. The second-order valence-corrected chi connectivity index (χ2v) is 3.80. The molecule has 2 heteroatoms. The van der Waals surface area contributed by atoms with Crippen molar-refractivity contribution in [1.82, 2.24) is 0 Å². The molecule has 0 saturated heterocycles. The van der Waals surface area contributed by atoms with Crippen LogP contribution in [0, 0.1) is 11.8 Å². The van der Waals surface area contributed by atoms with Crippen LogP contribution in [0.4, 0.5) is 0 Å². The Morgan fingerprint density at radius 2 is 1.81 bits per heavy atom. The van der Waals surface area contributed by atoms with E-state index in [1.165, 1.54) is 0 Å².